The second kappa shape index (κ2) is 5.14. The van der Waals surface area contributed by atoms with Gasteiger partial charge in [-0.15, -0.1) is 0 Å². The number of aryl methyl sites for hydroxylation is 1. The van der Waals surface area contributed by atoms with Crippen molar-refractivity contribution in [3.8, 4) is 5.75 Å². The maximum absolute atomic E-state index is 13.9. The van der Waals surface area contributed by atoms with Crippen LogP contribution in [0.25, 0.3) is 0 Å². The summed E-state index contributed by atoms with van der Waals surface area (Å²) in [7, 11) is 1.50. The van der Waals surface area contributed by atoms with E-state index in [0.29, 0.717) is 11.3 Å². The van der Waals surface area contributed by atoms with E-state index in [9.17, 15) is 4.39 Å². The van der Waals surface area contributed by atoms with Crippen molar-refractivity contribution in [1.29, 1.82) is 0 Å². The zero-order valence-corrected chi connectivity index (χ0v) is 10.4. The second-order valence-corrected chi connectivity index (χ2v) is 4.13. The molecule has 0 amide bonds. The van der Waals surface area contributed by atoms with E-state index in [-0.39, 0.29) is 5.82 Å². The van der Waals surface area contributed by atoms with Crippen molar-refractivity contribution >= 4 is 0 Å². The summed E-state index contributed by atoms with van der Waals surface area (Å²) in [5, 5.41) is 0. The zero-order valence-electron chi connectivity index (χ0n) is 10.4. The lowest BCUT2D eigenvalue weighted by atomic mass is 9.98. The summed E-state index contributed by atoms with van der Waals surface area (Å²) in [6.07, 6.45) is 3.37. The van der Waals surface area contributed by atoms with Crippen LogP contribution in [0.4, 0.5) is 4.39 Å². The normalized spacial score (nSPS) is 12.2. The molecule has 0 bridgehead atoms. The van der Waals surface area contributed by atoms with E-state index >= 15 is 0 Å². The van der Waals surface area contributed by atoms with E-state index in [2.05, 4.69) is 4.98 Å². The minimum atomic E-state index is -0.589. The highest BCUT2D eigenvalue weighted by atomic mass is 19.1. The molecule has 1 aromatic heterocycles. The first-order valence-electron chi connectivity index (χ1n) is 5.63. The molecular weight excluding hydrogens is 231 g/mol. The van der Waals surface area contributed by atoms with Crippen LogP contribution in [0.1, 0.15) is 22.7 Å². The number of nitrogens with two attached hydrogens (primary N) is 1. The van der Waals surface area contributed by atoms with Crippen molar-refractivity contribution in [2.45, 2.75) is 13.0 Å². The number of benzene rings is 1. The van der Waals surface area contributed by atoms with Gasteiger partial charge in [0.2, 0.25) is 0 Å². The van der Waals surface area contributed by atoms with Crippen LogP contribution in [0.2, 0.25) is 0 Å². The van der Waals surface area contributed by atoms with Crippen LogP contribution in [-0.2, 0) is 0 Å². The van der Waals surface area contributed by atoms with Gasteiger partial charge in [0, 0.05) is 12.4 Å². The van der Waals surface area contributed by atoms with Gasteiger partial charge in [-0.2, -0.15) is 0 Å². The fourth-order valence-electron chi connectivity index (χ4n) is 1.91. The highest BCUT2D eigenvalue weighted by Gasteiger charge is 2.18. The number of methoxy groups -OCH3 is 1. The van der Waals surface area contributed by atoms with Gasteiger partial charge in [0.15, 0.2) is 0 Å². The molecule has 0 aliphatic carbocycles. The van der Waals surface area contributed by atoms with Gasteiger partial charge < -0.3 is 10.5 Å². The van der Waals surface area contributed by atoms with Gasteiger partial charge in [0.25, 0.3) is 0 Å². The fraction of sp³-hybridized carbons (Fsp3) is 0.214. The molecule has 18 heavy (non-hydrogen) atoms. The minimum Gasteiger partial charge on any atom is -0.496 e. The van der Waals surface area contributed by atoms with Crippen molar-refractivity contribution in [2.75, 3.05) is 7.11 Å². The Morgan fingerprint density at radius 3 is 2.78 bits per heavy atom. The van der Waals surface area contributed by atoms with E-state index in [1.54, 1.807) is 24.5 Å². The highest BCUT2D eigenvalue weighted by Crippen LogP contribution is 2.30. The van der Waals surface area contributed by atoms with Crippen LogP contribution in [0.5, 0.6) is 5.75 Å². The summed E-state index contributed by atoms with van der Waals surface area (Å²) in [5.74, 6) is 0.0763. The molecule has 0 fully saturated rings. The summed E-state index contributed by atoms with van der Waals surface area (Å²) < 4.78 is 19.1. The summed E-state index contributed by atoms with van der Waals surface area (Å²) in [4.78, 5) is 4.07. The molecule has 2 aromatic rings. The molecule has 4 heteroatoms. The van der Waals surface area contributed by atoms with Crippen LogP contribution in [0.15, 0.2) is 36.7 Å². The van der Waals surface area contributed by atoms with Crippen LogP contribution >= 0.6 is 0 Å². The minimum absolute atomic E-state index is 0.354. The van der Waals surface area contributed by atoms with Crippen molar-refractivity contribution < 1.29 is 9.13 Å². The first kappa shape index (κ1) is 12.5. The molecule has 0 spiro atoms. The average molecular weight is 246 g/mol. The van der Waals surface area contributed by atoms with Gasteiger partial charge in [-0.3, -0.25) is 4.98 Å². The molecule has 1 unspecified atom stereocenters. The van der Waals surface area contributed by atoms with Crippen molar-refractivity contribution in [2.24, 2.45) is 5.73 Å². The number of aromatic nitrogens is 1. The lowest BCUT2D eigenvalue weighted by Crippen LogP contribution is -2.15. The topological polar surface area (TPSA) is 48.1 Å². The van der Waals surface area contributed by atoms with Crippen LogP contribution in [-0.4, -0.2) is 12.1 Å². The van der Waals surface area contributed by atoms with E-state index in [1.807, 2.05) is 13.0 Å². The van der Waals surface area contributed by atoms with Gasteiger partial charge in [-0.1, -0.05) is 12.1 Å². The maximum Gasteiger partial charge on any atom is 0.132 e. The Hall–Kier alpha value is -1.94. The fourth-order valence-corrected chi connectivity index (χ4v) is 1.91. The molecule has 1 heterocycles. The molecule has 3 nitrogen and oxygen atoms in total. The molecule has 1 atom stereocenters. The zero-order chi connectivity index (χ0) is 13.1. The lowest BCUT2D eigenvalue weighted by molar-refractivity contribution is 0.402. The number of rotatable bonds is 3. The Balaban J connectivity index is 2.48. The Morgan fingerprint density at radius 1 is 1.33 bits per heavy atom. The molecule has 2 N–H and O–H groups in total. The van der Waals surface area contributed by atoms with Crippen LogP contribution in [0.3, 0.4) is 0 Å². The van der Waals surface area contributed by atoms with Gasteiger partial charge in [-0.05, 0) is 30.2 Å². The third-order valence-electron chi connectivity index (χ3n) is 2.80. The summed E-state index contributed by atoms with van der Waals surface area (Å²) in [6.45, 7) is 1.92. The van der Waals surface area contributed by atoms with Gasteiger partial charge in [0.1, 0.15) is 11.6 Å². The average Bonchev–Trinajstić information content (AvgIpc) is 2.37. The molecule has 0 aliphatic rings. The Labute approximate surface area is 105 Å². The van der Waals surface area contributed by atoms with Crippen LogP contribution in [0, 0.1) is 12.7 Å². The molecule has 0 saturated carbocycles. The molecule has 1 aromatic carbocycles. The largest absolute Gasteiger partial charge is 0.496 e. The van der Waals surface area contributed by atoms with E-state index in [1.165, 1.54) is 13.2 Å². The summed E-state index contributed by atoms with van der Waals surface area (Å²) in [5.41, 5.74) is 8.20. The molecule has 0 aliphatic heterocycles. The Kier molecular flexibility index (Phi) is 3.58. The molecule has 0 radical (unpaired) electrons. The molecule has 2 rings (SSSR count). The Bertz CT molecular complexity index is 557. The van der Waals surface area contributed by atoms with E-state index in [4.69, 9.17) is 10.5 Å². The number of hydrogen-bond acceptors (Lipinski definition) is 3. The van der Waals surface area contributed by atoms with Gasteiger partial charge >= 0.3 is 0 Å². The van der Waals surface area contributed by atoms with Gasteiger partial charge in [0.05, 0.1) is 18.7 Å². The predicted octanol–water partition coefficient (Wildman–Crippen LogP) is 2.59. The number of hydrogen-bond donors (Lipinski definition) is 1. The third kappa shape index (κ3) is 2.33. The number of nitrogens with zero attached hydrogens (tertiary/aromatic N) is 1. The van der Waals surface area contributed by atoms with Crippen molar-refractivity contribution in [3.05, 3.63) is 59.2 Å². The predicted molar refractivity (Wildman–Crippen MR) is 68.0 cm³/mol. The first-order valence-corrected chi connectivity index (χ1v) is 5.63. The first-order chi connectivity index (χ1) is 8.63. The summed E-state index contributed by atoms with van der Waals surface area (Å²) >= 11 is 0. The third-order valence-corrected chi connectivity index (χ3v) is 2.80. The van der Waals surface area contributed by atoms with Crippen LogP contribution < -0.4 is 10.5 Å². The standard InChI is InChI=1S/C14H15FN2O/c1-9-6-10(8-17-7-9)14(16)13-11(15)4-3-5-12(13)18-2/h3-8,14H,16H2,1-2H3. The second-order valence-electron chi connectivity index (χ2n) is 4.13. The van der Waals surface area contributed by atoms with Gasteiger partial charge in [-0.25, -0.2) is 4.39 Å². The number of pyridine rings is 1. The molecular formula is C14H15FN2O. The molecule has 0 saturated heterocycles. The van der Waals surface area contributed by atoms with E-state index in [0.717, 1.165) is 11.1 Å². The maximum atomic E-state index is 13.9. The van der Waals surface area contributed by atoms with Crippen molar-refractivity contribution in [3.63, 3.8) is 0 Å². The monoisotopic (exact) mass is 246 g/mol. The number of ether oxygens (including phenoxy) is 1. The highest BCUT2D eigenvalue weighted by molar-refractivity contribution is 5.42. The SMILES string of the molecule is COc1cccc(F)c1C(N)c1cncc(C)c1. The molecule has 94 valence electrons. The number of halogens is 1. The summed E-state index contributed by atoms with van der Waals surface area (Å²) in [6, 6.07) is 5.97. The smallest absolute Gasteiger partial charge is 0.132 e. The quantitative estimate of drug-likeness (QED) is 0.905. The van der Waals surface area contributed by atoms with Crippen molar-refractivity contribution in [1.82, 2.24) is 4.98 Å². The van der Waals surface area contributed by atoms with E-state index < -0.39 is 6.04 Å². The lowest BCUT2D eigenvalue weighted by Gasteiger charge is -2.16. The Morgan fingerprint density at radius 2 is 2.11 bits per heavy atom.